The number of aromatic nitrogens is 1. The SMILES string of the molecule is COc1ccc2c(c1)C=C(C1=C(C(=O)N3CCN(C)CC3)C(C)NN1C1CCC1)Cn1c-2c(C2CCCCC2)c2ccc(C(=O)NS(=O)(=O)C(C)C)cc21. The van der Waals surface area contributed by atoms with Gasteiger partial charge < -0.3 is 24.1 Å². The minimum absolute atomic E-state index is 0.0849. The Morgan fingerprint density at radius 2 is 1.69 bits per heavy atom. The lowest BCUT2D eigenvalue weighted by Crippen LogP contribution is -2.49. The number of sulfonamides is 1. The zero-order valence-corrected chi connectivity index (χ0v) is 33.1. The number of rotatable bonds is 8. The molecule has 2 saturated carbocycles. The summed E-state index contributed by atoms with van der Waals surface area (Å²) in [5.41, 5.74) is 12.2. The number of nitrogens with one attached hydrogen (secondary N) is 2. The summed E-state index contributed by atoms with van der Waals surface area (Å²) in [6.07, 6.45) is 11.2. The van der Waals surface area contributed by atoms with Crippen molar-refractivity contribution in [3.63, 3.8) is 0 Å². The van der Waals surface area contributed by atoms with Gasteiger partial charge in [-0.05, 0) is 119 Å². The number of carbonyl (C=O) groups excluding carboxylic acids is 2. The maximum Gasteiger partial charge on any atom is 0.264 e. The third-order valence-corrected chi connectivity index (χ3v) is 14.1. The van der Waals surface area contributed by atoms with E-state index in [0.717, 1.165) is 108 Å². The maximum absolute atomic E-state index is 14.7. The Hall–Kier alpha value is -4.13. The quantitative estimate of drug-likeness (QED) is 0.287. The van der Waals surface area contributed by atoms with E-state index in [1.807, 2.05) is 23.1 Å². The third-order valence-electron chi connectivity index (χ3n) is 12.4. The van der Waals surface area contributed by atoms with Crippen LogP contribution in [-0.2, 0) is 21.4 Å². The zero-order valence-electron chi connectivity index (χ0n) is 32.3. The van der Waals surface area contributed by atoms with Gasteiger partial charge in [0.05, 0.1) is 41.9 Å². The number of likely N-dealkylation sites (N-methyl/N-ethyl adjacent to an activating group) is 1. The molecule has 0 radical (unpaired) electrons. The van der Waals surface area contributed by atoms with Crippen LogP contribution in [-0.4, -0.2) is 97.3 Å². The van der Waals surface area contributed by atoms with Crippen molar-refractivity contribution in [2.24, 2.45) is 0 Å². The van der Waals surface area contributed by atoms with Gasteiger partial charge in [0.15, 0.2) is 0 Å². The van der Waals surface area contributed by atoms with Crippen molar-refractivity contribution in [3.05, 3.63) is 69.9 Å². The largest absolute Gasteiger partial charge is 0.497 e. The Labute approximate surface area is 319 Å². The highest BCUT2D eigenvalue weighted by atomic mass is 32.2. The molecule has 4 heterocycles. The first-order chi connectivity index (χ1) is 25.9. The van der Waals surface area contributed by atoms with E-state index >= 15 is 0 Å². The van der Waals surface area contributed by atoms with Crippen molar-refractivity contribution in [1.29, 1.82) is 0 Å². The summed E-state index contributed by atoms with van der Waals surface area (Å²) in [5.74, 6) is 0.544. The number of ether oxygens (including phenoxy) is 1. The van der Waals surface area contributed by atoms with Crippen molar-refractivity contribution < 1.29 is 22.7 Å². The van der Waals surface area contributed by atoms with Gasteiger partial charge in [-0.15, -0.1) is 0 Å². The predicted molar refractivity (Wildman–Crippen MR) is 212 cm³/mol. The van der Waals surface area contributed by atoms with Gasteiger partial charge in [0.25, 0.3) is 11.8 Å². The number of nitrogens with zero attached hydrogens (tertiary/aromatic N) is 4. The highest BCUT2D eigenvalue weighted by molar-refractivity contribution is 7.90. The van der Waals surface area contributed by atoms with Crippen LogP contribution in [0.4, 0.5) is 0 Å². The molecule has 0 bridgehead atoms. The summed E-state index contributed by atoms with van der Waals surface area (Å²) in [6, 6.07) is 12.0. The number of hydrogen-bond acceptors (Lipinski definition) is 8. The first-order valence-electron chi connectivity index (χ1n) is 19.8. The number of carbonyl (C=O) groups is 2. The van der Waals surface area contributed by atoms with Gasteiger partial charge in [-0.1, -0.05) is 25.3 Å². The fourth-order valence-electron chi connectivity index (χ4n) is 9.03. The molecule has 1 aromatic heterocycles. The topological polar surface area (TPSA) is 116 Å². The number of piperazine rings is 1. The maximum atomic E-state index is 14.7. The fourth-order valence-corrected chi connectivity index (χ4v) is 9.64. The van der Waals surface area contributed by atoms with E-state index in [4.69, 9.17) is 4.74 Å². The molecule has 8 rings (SSSR count). The summed E-state index contributed by atoms with van der Waals surface area (Å²) in [6.45, 7) is 8.76. The molecule has 0 spiro atoms. The van der Waals surface area contributed by atoms with Crippen LogP contribution in [0.1, 0.15) is 99.5 Å². The van der Waals surface area contributed by atoms with Crippen LogP contribution in [0.3, 0.4) is 0 Å². The van der Waals surface area contributed by atoms with Crippen molar-refractivity contribution in [2.75, 3.05) is 40.3 Å². The number of methoxy groups -OCH3 is 1. The second-order valence-corrected chi connectivity index (χ2v) is 18.5. The summed E-state index contributed by atoms with van der Waals surface area (Å²) in [7, 11) is -0.0353. The number of amides is 2. The molecule has 2 aromatic carbocycles. The van der Waals surface area contributed by atoms with Crippen molar-refractivity contribution in [1.82, 2.24) is 29.5 Å². The molecule has 1 saturated heterocycles. The lowest BCUT2D eigenvalue weighted by Gasteiger charge is -2.38. The number of allylic oxidation sites excluding steroid dienone is 1. The third kappa shape index (κ3) is 6.53. The molecule has 1 atom stereocenters. The second-order valence-electron chi connectivity index (χ2n) is 16.2. The highest BCUT2D eigenvalue weighted by Crippen LogP contribution is 2.48. The lowest BCUT2D eigenvalue weighted by molar-refractivity contribution is -0.128. The van der Waals surface area contributed by atoms with Crippen molar-refractivity contribution in [3.8, 4) is 17.0 Å². The van der Waals surface area contributed by atoms with Crippen molar-refractivity contribution in [2.45, 2.75) is 102 Å². The minimum atomic E-state index is -3.83. The van der Waals surface area contributed by atoms with Crippen molar-refractivity contribution >= 4 is 38.8 Å². The van der Waals surface area contributed by atoms with E-state index in [1.54, 1.807) is 27.0 Å². The van der Waals surface area contributed by atoms with Crippen LogP contribution in [0.25, 0.3) is 28.2 Å². The second kappa shape index (κ2) is 14.5. The van der Waals surface area contributed by atoms with Crippen LogP contribution in [0.2, 0.25) is 0 Å². The van der Waals surface area contributed by atoms with Gasteiger partial charge in [0.1, 0.15) is 5.75 Å². The number of benzene rings is 2. The van der Waals surface area contributed by atoms with Crippen LogP contribution in [0.5, 0.6) is 5.75 Å². The smallest absolute Gasteiger partial charge is 0.264 e. The molecule has 5 aliphatic rings. The first-order valence-corrected chi connectivity index (χ1v) is 21.4. The van der Waals surface area contributed by atoms with E-state index in [-0.39, 0.29) is 18.0 Å². The molecule has 3 aliphatic heterocycles. The van der Waals surface area contributed by atoms with Crippen LogP contribution in [0.15, 0.2) is 53.2 Å². The predicted octanol–water partition coefficient (Wildman–Crippen LogP) is 6.02. The molecule has 11 nitrogen and oxygen atoms in total. The van der Waals surface area contributed by atoms with E-state index in [9.17, 15) is 18.0 Å². The summed E-state index contributed by atoms with van der Waals surface area (Å²) < 4.78 is 36.0. The van der Waals surface area contributed by atoms with E-state index in [2.05, 4.69) is 56.8 Å². The molecule has 1 unspecified atom stereocenters. The molecule has 288 valence electrons. The standard InChI is InChI=1S/C42H54N6O5S/c1-26(2)54(51,52)44-41(49)29-14-16-35-36(24-29)47-25-31(22-30-23-33(53-5)15-17-34(30)40(47)38(35)28-10-7-6-8-11-28)39-37(27(3)43-48(39)32-12-9-13-32)42(50)46-20-18-45(4)19-21-46/h14-17,22-24,26-28,32,43H,6-13,18-21,25H2,1-5H3,(H,44,49). The van der Waals surface area contributed by atoms with Gasteiger partial charge in [-0.25, -0.2) is 18.6 Å². The van der Waals surface area contributed by atoms with Gasteiger partial charge in [0.2, 0.25) is 10.0 Å². The summed E-state index contributed by atoms with van der Waals surface area (Å²) in [4.78, 5) is 32.5. The number of hydrazine groups is 1. The minimum Gasteiger partial charge on any atom is -0.497 e. The monoisotopic (exact) mass is 754 g/mol. The highest BCUT2D eigenvalue weighted by Gasteiger charge is 2.42. The summed E-state index contributed by atoms with van der Waals surface area (Å²) >= 11 is 0. The molecule has 2 N–H and O–H groups in total. The molecule has 54 heavy (non-hydrogen) atoms. The zero-order chi connectivity index (χ0) is 37.9. The Morgan fingerprint density at radius 1 is 0.944 bits per heavy atom. The van der Waals surface area contributed by atoms with E-state index in [1.165, 1.54) is 12.0 Å². The molecule has 12 heteroatoms. The van der Waals surface area contributed by atoms with E-state index in [0.29, 0.717) is 31.1 Å². The Morgan fingerprint density at radius 3 is 2.35 bits per heavy atom. The summed E-state index contributed by atoms with van der Waals surface area (Å²) in [5, 5.41) is 2.63. The molecular weight excluding hydrogens is 701 g/mol. The van der Waals surface area contributed by atoms with Crippen LogP contribution < -0.4 is 14.9 Å². The number of hydrogen-bond donors (Lipinski definition) is 2. The van der Waals surface area contributed by atoms with Crippen LogP contribution >= 0.6 is 0 Å². The molecular formula is C42H54N6O5S. The molecule has 2 aliphatic carbocycles. The average Bonchev–Trinajstić information content (AvgIpc) is 3.57. The fraction of sp³-hybridized carbons (Fsp3) is 0.524. The Kier molecular flexibility index (Phi) is 9.89. The molecule has 3 aromatic rings. The van der Waals surface area contributed by atoms with Gasteiger partial charge in [-0.2, -0.15) is 0 Å². The Bertz CT molecular complexity index is 2150. The Balaban J connectivity index is 1.35. The van der Waals surface area contributed by atoms with Crippen LogP contribution in [0, 0.1) is 0 Å². The van der Waals surface area contributed by atoms with Gasteiger partial charge in [-0.3, -0.25) is 9.59 Å². The van der Waals surface area contributed by atoms with Gasteiger partial charge in [0, 0.05) is 54.3 Å². The molecule has 2 amide bonds. The first kappa shape index (κ1) is 36.8. The van der Waals surface area contributed by atoms with E-state index < -0.39 is 21.2 Å². The average molecular weight is 755 g/mol. The van der Waals surface area contributed by atoms with Gasteiger partial charge >= 0.3 is 0 Å². The number of fused-ring (bicyclic) bond motifs is 5. The normalized spacial score (nSPS) is 21.5. The lowest BCUT2D eigenvalue weighted by atomic mass is 9.81. The molecule has 3 fully saturated rings.